The van der Waals surface area contributed by atoms with Gasteiger partial charge in [0.2, 0.25) is 0 Å². The molecule has 0 N–H and O–H groups in total. The molecule has 0 unspecified atom stereocenters. The molecule has 4 nitrogen and oxygen atoms in total. The van der Waals surface area contributed by atoms with Gasteiger partial charge in [0.1, 0.15) is 0 Å². The molecule has 0 spiro atoms. The van der Waals surface area contributed by atoms with E-state index < -0.39 is 7.12 Å². The van der Waals surface area contributed by atoms with Crippen LogP contribution in [0.1, 0.15) is 27.7 Å². The Morgan fingerprint density at radius 2 is 1.06 bits per heavy atom. The zero-order chi connectivity index (χ0) is 23.7. The van der Waals surface area contributed by atoms with Crippen LogP contribution in [0.3, 0.4) is 0 Å². The van der Waals surface area contributed by atoms with E-state index >= 15 is 0 Å². The predicted octanol–water partition coefficient (Wildman–Crippen LogP) is 6.54. The van der Waals surface area contributed by atoms with Gasteiger partial charge in [0, 0.05) is 21.5 Å². The van der Waals surface area contributed by atoms with Crippen molar-refractivity contribution in [1.82, 2.24) is 8.80 Å². The fraction of sp³-hybridized carbons (Fsp3) is 0.200. The van der Waals surface area contributed by atoms with E-state index in [0.29, 0.717) is 0 Å². The summed E-state index contributed by atoms with van der Waals surface area (Å²) in [7, 11) is -0.402. The van der Waals surface area contributed by atoms with Gasteiger partial charge in [0.15, 0.2) is 0 Å². The van der Waals surface area contributed by atoms with Crippen LogP contribution in [0.2, 0.25) is 0 Å². The topological polar surface area (TPSA) is 27.3 Å². The standard InChI is InChI=1S/C30H25BN2O2/c1-29(2)30(3,4)35-31(34-29)18-13-16-25-26(17-18)33-24-12-8-6-10-20(24)22-15-14-21-19-9-5-7-11-23(19)32(25)27(21)28(22)33/h5-17H,1-4H3. The van der Waals surface area contributed by atoms with Crippen LogP contribution in [-0.2, 0) is 9.31 Å². The summed E-state index contributed by atoms with van der Waals surface area (Å²) < 4.78 is 17.7. The van der Waals surface area contributed by atoms with Gasteiger partial charge in [-0.1, -0.05) is 54.6 Å². The summed E-state index contributed by atoms with van der Waals surface area (Å²) in [6, 6.07) is 28.7. The van der Waals surface area contributed by atoms with Gasteiger partial charge in [-0.05, 0) is 57.4 Å². The highest BCUT2D eigenvalue weighted by Gasteiger charge is 2.51. The zero-order valence-electron chi connectivity index (χ0n) is 20.3. The Balaban J connectivity index is 1.57. The third-order valence-electron chi connectivity index (χ3n) is 8.48. The largest absolute Gasteiger partial charge is 0.494 e. The monoisotopic (exact) mass is 456 g/mol. The Kier molecular flexibility index (Phi) is 3.48. The molecule has 0 aliphatic carbocycles. The van der Waals surface area contributed by atoms with Crippen LogP contribution in [-0.4, -0.2) is 27.1 Å². The molecule has 3 aromatic heterocycles. The summed E-state index contributed by atoms with van der Waals surface area (Å²) in [5.41, 5.74) is 7.61. The maximum atomic E-state index is 6.43. The van der Waals surface area contributed by atoms with Crippen molar-refractivity contribution in [3.8, 4) is 0 Å². The molecule has 4 aromatic carbocycles. The van der Waals surface area contributed by atoms with Crippen LogP contribution in [0.25, 0.3) is 54.6 Å². The van der Waals surface area contributed by atoms with E-state index in [4.69, 9.17) is 9.31 Å². The SMILES string of the molecule is CC1(C)OB(c2ccc3c(c2)n2c4ccccc4c4ccc5c6ccccc6n3c5c42)OC1(C)C. The number of aromatic nitrogens is 2. The lowest BCUT2D eigenvalue weighted by molar-refractivity contribution is 0.00578. The van der Waals surface area contributed by atoms with Crippen molar-refractivity contribution in [3.05, 3.63) is 78.9 Å². The van der Waals surface area contributed by atoms with E-state index in [2.05, 4.69) is 115 Å². The highest BCUT2D eigenvalue weighted by molar-refractivity contribution is 6.62. The first-order valence-corrected chi connectivity index (χ1v) is 12.3. The minimum Gasteiger partial charge on any atom is -0.399 e. The lowest BCUT2D eigenvalue weighted by Crippen LogP contribution is -2.41. The number of nitrogens with zero attached hydrogens (tertiary/aromatic N) is 2. The molecule has 1 aliphatic rings. The first-order chi connectivity index (χ1) is 16.9. The highest BCUT2D eigenvalue weighted by atomic mass is 16.7. The van der Waals surface area contributed by atoms with Gasteiger partial charge in [-0.15, -0.1) is 0 Å². The van der Waals surface area contributed by atoms with E-state index in [1.165, 1.54) is 49.1 Å². The second-order valence-corrected chi connectivity index (χ2v) is 10.9. The molecule has 1 aliphatic heterocycles. The molecular formula is C30H25BN2O2. The molecule has 35 heavy (non-hydrogen) atoms. The van der Waals surface area contributed by atoms with E-state index in [1.54, 1.807) is 0 Å². The molecule has 0 bridgehead atoms. The van der Waals surface area contributed by atoms with Crippen LogP contribution in [0, 0.1) is 0 Å². The molecule has 7 aromatic rings. The normalized spacial score (nSPS) is 17.9. The minimum atomic E-state index is -0.402. The molecule has 8 rings (SSSR count). The molecule has 0 saturated carbocycles. The van der Waals surface area contributed by atoms with Crippen molar-refractivity contribution in [2.24, 2.45) is 0 Å². The predicted molar refractivity (Wildman–Crippen MR) is 145 cm³/mol. The van der Waals surface area contributed by atoms with E-state index in [0.717, 1.165) is 11.0 Å². The molecule has 0 atom stereocenters. The molecule has 1 saturated heterocycles. The third-order valence-corrected chi connectivity index (χ3v) is 8.48. The number of para-hydroxylation sites is 2. The van der Waals surface area contributed by atoms with Crippen LogP contribution < -0.4 is 5.46 Å². The molecule has 5 heteroatoms. The average molecular weight is 456 g/mol. The molecule has 1 fully saturated rings. The van der Waals surface area contributed by atoms with Crippen LogP contribution in [0.15, 0.2) is 78.9 Å². The number of rotatable bonds is 1. The first-order valence-electron chi connectivity index (χ1n) is 12.3. The second kappa shape index (κ2) is 6.17. The Hall–Kier alpha value is -3.54. The lowest BCUT2D eigenvalue weighted by Gasteiger charge is -2.32. The quantitative estimate of drug-likeness (QED) is 0.207. The number of benzene rings is 4. The summed E-state index contributed by atoms with van der Waals surface area (Å²) in [4.78, 5) is 0. The smallest absolute Gasteiger partial charge is 0.399 e. The van der Waals surface area contributed by atoms with Gasteiger partial charge in [-0.3, -0.25) is 0 Å². The van der Waals surface area contributed by atoms with Gasteiger partial charge < -0.3 is 18.1 Å². The van der Waals surface area contributed by atoms with Crippen molar-refractivity contribution in [3.63, 3.8) is 0 Å². The summed E-state index contributed by atoms with van der Waals surface area (Å²) in [6.45, 7) is 8.42. The van der Waals surface area contributed by atoms with Gasteiger partial charge in [0.25, 0.3) is 0 Å². The average Bonchev–Trinajstić information content (AvgIpc) is 3.44. The second-order valence-electron chi connectivity index (χ2n) is 10.9. The van der Waals surface area contributed by atoms with Crippen molar-refractivity contribution in [2.75, 3.05) is 0 Å². The summed E-state index contributed by atoms with van der Waals surface area (Å²) in [5, 5.41) is 5.13. The molecule has 0 radical (unpaired) electrons. The van der Waals surface area contributed by atoms with Crippen LogP contribution in [0.5, 0.6) is 0 Å². The number of hydrogen-bond donors (Lipinski definition) is 0. The Morgan fingerprint density at radius 1 is 0.543 bits per heavy atom. The summed E-state index contributed by atoms with van der Waals surface area (Å²) in [6.07, 6.45) is 0. The fourth-order valence-corrected chi connectivity index (χ4v) is 6.04. The number of hydrogen-bond acceptors (Lipinski definition) is 2. The van der Waals surface area contributed by atoms with Crippen molar-refractivity contribution in [2.45, 2.75) is 38.9 Å². The maximum Gasteiger partial charge on any atom is 0.494 e. The van der Waals surface area contributed by atoms with E-state index in [9.17, 15) is 0 Å². The molecule has 0 amide bonds. The van der Waals surface area contributed by atoms with Gasteiger partial charge >= 0.3 is 7.12 Å². The Morgan fingerprint density at radius 3 is 1.63 bits per heavy atom. The fourth-order valence-electron chi connectivity index (χ4n) is 6.04. The van der Waals surface area contributed by atoms with Gasteiger partial charge in [-0.2, -0.15) is 0 Å². The highest BCUT2D eigenvalue weighted by Crippen LogP contribution is 2.42. The van der Waals surface area contributed by atoms with Crippen LogP contribution >= 0.6 is 0 Å². The maximum absolute atomic E-state index is 6.43. The van der Waals surface area contributed by atoms with Crippen molar-refractivity contribution >= 4 is 67.2 Å². The van der Waals surface area contributed by atoms with Gasteiger partial charge in [-0.25, -0.2) is 0 Å². The van der Waals surface area contributed by atoms with Crippen LogP contribution in [0.4, 0.5) is 0 Å². The zero-order valence-corrected chi connectivity index (χ0v) is 20.3. The Bertz CT molecular complexity index is 1960. The summed E-state index contributed by atoms with van der Waals surface area (Å²) in [5.74, 6) is 0. The van der Waals surface area contributed by atoms with Crippen molar-refractivity contribution in [1.29, 1.82) is 0 Å². The first kappa shape index (κ1) is 19.7. The van der Waals surface area contributed by atoms with E-state index in [1.807, 2.05) is 0 Å². The molecule has 4 heterocycles. The number of fused-ring (bicyclic) bond motifs is 9. The van der Waals surface area contributed by atoms with E-state index in [-0.39, 0.29) is 11.2 Å². The third kappa shape index (κ3) is 2.31. The summed E-state index contributed by atoms with van der Waals surface area (Å²) >= 11 is 0. The minimum absolute atomic E-state index is 0.379. The molecular weight excluding hydrogens is 431 g/mol. The Labute approximate surface area is 203 Å². The van der Waals surface area contributed by atoms with Gasteiger partial charge in [0.05, 0.1) is 44.3 Å². The molecule has 170 valence electrons. The lowest BCUT2D eigenvalue weighted by atomic mass is 9.79. The van der Waals surface area contributed by atoms with Crippen molar-refractivity contribution < 1.29 is 9.31 Å².